The van der Waals surface area contributed by atoms with Gasteiger partial charge in [-0.3, -0.25) is 4.90 Å². The van der Waals surface area contributed by atoms with Crippen molar-refractivity contribution in [2.45, 2.75) is 19.9 Å². The summed E-state index contributed by atoms with van der Waals surface area (Å²) in [6.07, 6.45) is 9.30. The second-order valence-electron chi connectivity index (χ2n) is 8.62. The van der Waals surface area contributed by atoms with Crippen LogP contribution in [0.15, 0.2) is 84.5 Å². The molecule has 0 atom stereocenters. The van der Waals surface area contributed by atoms with E-state index in [4.69, 9.17) is 0 Å². The van der Waals surface area contributed by atoms with E-state index < -0.39 is 0 Å². The molecule has 1 aliphatic heterocycles. The molecule has 0 saturated carbocycles. The van der Waals surface area contributed by atoms with Gasteiger partial charge in [0, 0.05) is 11.7 Å². The monoisotopic (exact) mass is 414 g/mol. The first-order chi connectivity index (χ1) is 15.2. The number of rotatable bonds is 6. The van der Waals surface area contributed by atoms with Crippen LogP contribution in [0.3, 0.4) is 0 Å². The van der Waals surface area contributed by atoms with Crippen LogP contribution in [0.2, 0.25) is 0 Å². The maximum Gasteiger partial charge on any atom is 0.0947 e. The quantitative estimate of drug-likeness (QED) is 0.774. The summed E-state index contributed by atoms with van der Waals surface area (Å²) in [6, 6.07) is 20.4. The van der Waals surface area contributed by atoms with Crippen LogP contribution in [-0.2, 0) is 0 Å². The topological polar surface area (TPSA) is 10.9 Å². The van der Waals surface area contributed by atoms with E-state index >= 15 is 0 Å². The van der Waals surface area contributed by atoms with Gasteiger partial charge in [0.15, 0.2) is 0 Å². The predicted octanol–water partition coefficient (Wildman–Crippen LogP) is 3.66. The molecule has 0 aromatic heterocycles. The number of hydrogen-bond acceptors (Lipinski definition) is 2. The lowest BCUT2D eigenvalue weighted by Gasteiger charge is -2.32. The zero-order valence-electron chi connectivity index (χ0n) is 19.2. The molecule has 0 unspecified atom stereocenters. The van der Waals surface area contributed by atoms with Gasteiger partial charge in [0.05, 0.1) is 33.2 Å². The van der Waals surface area contributed by atoms with Gasteiger partial charge < -0.3 is 9.80 Å². The number of anilines is 1. The van der Waals surface area contributed by atoms with E-state index in [2.05, 4.69) is 110 Å². The largest absolute Gasteiger partial charge is 0.360 e. The molecule has 3 heteroatoms. The fraction of sp³-hybridized carbons (Fsp3) is 0.357. The average Bonchev–Trinajstić information content (AvgIpc) is 2.83. The number of benzene rings is 2. The SMILES string of the molecule is CCN(CC)C1C=CC(=C(c2ccccc2)c2ccc(N3CC[NH+](C)CC3)cc2)C=C1. The van der Waals surface area contributed by atoms with Crippen LogP contribution in [0.25, 0.3) is 5.57 Å². The molecule has 31 heavy (non-hydrogen) atoms. The molecule has 4 rings (SSSR count). The molecule has 1 fully saturated rings. The van der Waals surface area contributed by atoms with Crippen molar-refractivity contribution >= 4 is 11.3 Å². The Bertz CT molecular complexity index is 912. The minimum absolute atomic E-state index is 0.387. The summed E-state index contributed by atoms with van der Waals surface area (Å²) in [6.45, 7) is 11.3. The van der Waals surface area contributed by atoms with Crippen LogP contribution in [0.1, 0.15) is 25.0 Å². The highest BCUT2D eigenvalue weighted by Crippen LogP contribution is 2.31. The molecular weight excluding hydrogens is 378 g/mol. The summed E-state index contributed by atoms with van der Waals surface area (Å²) in [5.74, 6) is 0. The molecule has 0 amide bonds. The average molecular weight is 415 g/mol. The van der Waals surface area contributed by atoms with Crippen LogP contribution in [0.5, 0.6) is 0 Å². The molecule has 3 nitrogen and oxygen atoms in total. The molecule has 0 spiro atoms. The van der Waals surface area contributed by atoms with Crippen LogP contribution in [-0.4, -0.2) is 57.3 Å². The third kappa shape index (κ3) is 5.00. The summed E-state index contributed by atoms with van der Waals surface area (Å²) in [5.41, 5.74) is 6.47. The molecule has 1 saturated heterocycles. The minimum atomic E-state index is 0.387. The fourth-order valence-electron chi connectivity index (χ4n) is 4.67. The van der Waals surface area contributed by atoms with Gasteiger partial charge in [-0.25, -0.2) is 0 Å². The van der Waals surface area contributed by atoms with Crippen molar-refractivity contribution in [2.24, 2.45) is 0 Å². The maximum atomic E-state index is 2.52. The lowest BCUT2D eigenvalue weighted by Crippen LogP contribution is -3.12. The number of quaternary nitrogens is 1. The molecule has 0 bridgehead atoms. The van der Waals surface area contributed by atoms with Crippen molar-refractivity contribution in [1.82, 2.24) is 4.90 Å². The Morgan fingerprint density at radius 2 is 1.45 bits per heavy atom. The number of piperazine rings is 1. The molecule has 1 heterocycles. The second kappa shape index (κ2) is 10.1. The number of allylic oxidation sites excluding steroid dienone is 3. The summed E-state index contributed by atoms with van der Waals surface area (Å²) in [7, 11) is 2.29. The van der Waals surface area contributed by atoms with E-state index in [0.717, 1.165) is 26.2 Å². The van der Waals surface area contributed by atoms with Crippen molar-refractivity contribution in [3.8, 4) is 0 Å². The third-order valence-corrected chi connectivity index (χ3v) is 6.67. The van der Waals surface area contributed by atoms with Gasteiger partial charge in [-0.2, -0.15) is 0 Å². The van der Waals surface area contributed by atoms with E-state index in [0.29, 0.717) is 6.04 Å². The minimum Gasteiger partial charge on any atom is -0.360 e. The molecule has 0 radical (unpaired) electrons. The Morgan fingerprint density at radius 1 is 0.871 bits per heavy atom. The lowest BCUT2D eigenvalue weighted by atomic mass is 9.90. The van der Waals surface area contributed by atoms with Crippen molar-refractivity contribution in [3.05, 3.63) is 95.6 Å². The Hall–Kier alpha value is -2.62. The summed E-state index contributed by atoms with van der Waals surface area (Å²) >= 11 is 0. The molecule has 2 aliphatic rings. The number of hydrogen-bond donors (Lipinski definition) is 1. The van der Waals surface area contributed by atoms with Crippen molar-refractivity contribution in [2.75, 3.05) is 51.2 Å². The molecule has 162 valence electrons. The summed E-state index contributed by atoms with van der Waals surface area (Å²) in [4.78, 5) is 6.61. The van der Waals surface area contributed by atoms with E-state index in [1.165, 1.54) is 41.1 Å². The van der Waals surface area contributed by atoms with E-state index in [-0.39, 0.29) is 0 Å². The summed E-state index contributed by atoms with van der Waals surface area (Å²) < 4.78 is 0. The third-order valence-electron chi connectivity index (χ3n) is 6.67. The maximum absolute atomic E-state index is 2.52. The standard InChI is InChI=1S/C28H35N3/c1-4-30(5-2)26-15-11-24(12-16-26)28(23-9-7-6-8-10-23)25-13-17-27(18-14-25)31-21-19-29(3)20-22-31/h6-18,26H,4-5,19-22H2,1-3H3/p+1. The van der Waals surface area contributed by atoms with Crippen molar-refractivity contribution < 1.29 is 4.90 Å². The van der Waals surface area contributed by atoms with Gasteiger partial charge in [-0.1, -0.05) is 80.6 Å². The van der Waals surface area contributed by atoms with E-state index in [1.807, 2.05) is 0 Å². The molecule has 2 aromatic carbocycles. The molecule has 1 aliphatic carbocycles. The van der Waals surface area contributed by atoms with Gasteiger partial charge in [0.1, 0.15) is 0 Å². The lowest BCUT2D eigenvalue weighted by molar-refractivity contribution is -0.880. The molecular formula is C28H36N3+. The van der Waals surface area contributed by atoms with Gasteiger partial charge in [0.25, 0.3) is 0 Å². The van der Waals surface area contributed by atoms with Crippen LogP contribution in [0.4, 0.5) is 5.69 Å². The smallest absolute Gasteiger partial charge is 0.0947 e. The van der Waals surface area contributed by atoms with Crippen LogP contribution < -0.4 is 9.80 Å². The van der Waals surface area contributed by atoms with Gasteiger partial charge in [0.2, 0.25) is 0 Å². The fourth-order valence-corrected chi connectivity index (χ4v) is 4.67. The first-order valence-electron chi connectivity index (χ1n) is 11.8. The Balaban J connectivity index is 1.65. The zero-order valence-corrected chi connectivity index (χ0v) is 19.2. The number of nitrogens with zero attached hydrogens (tertiary/aromatic N) is 2. The molecule has 2 aromatic rings. The van der Waals surface area contributed by atoms with Crippen molar-refractivity contribution in [3.63, 3.8) is 0 Å². The summed E-state index contributed by atoms with van der Waals surface area (Å²) in [5, 5.41) is 0. The molecule has 1 N–H and O–H groups in total. The van der Waals surface area contributed by atoms with Crippen LogP contribution in [0, 0.1) is 0 Å². The Morgan fingerprint density at radius 3 is 2.03 bits per heavy atom. The van der Waals surface area contributed by atoms with Gasteiger partial charge in [-0.05, 0) is 47.5 Å². The highest BCUT2D eigenvalue weighted by Gasteiger charge is 2.18. The van der Waals surface area contributed by atoms with Crippen molar-refractivity contribution in [1.29, 1.82) is 0 Å². The van der Waals surface area contributed by atoms with E-state index in [1.54, 1.807) is 4.90 Å². The van der Waals surface area contributed by atoms with Gasteiger partial charge >= 0.3 is 0 Å². The Kier molecular flexibility index (Phi) is 7.06. The second-order valence-corrected chi connectivity index (χ2v) is 8.62. The van der Waals surface area contributed by atoms with Gasteiger partial charge in [-0.15, -0.1) is 0 Å². The first kappa shape index (κ1) is 21.6. The highest BCUT2D eigenvalue weighted by molar-refractivity contribution is 5.86. The normalized spacial score (nSPS) is 19.3. The first-order valence-corrected chi connectivity index (χ1v) is 11.8. The predicted molar refractivity (Wildman–Crippen MR) is 133 cm³/mol. The Labute approximate surface area is 188 Å². The zero-order chi connectivity index (χ0) is 21.6. The van der Waals surface area contributed by atoms with Crippen LogP contribution >= 0.6 is 0 Å². The highest BCUT2D eigenvalue weighted by atomic mass is 15.2. The van der Waals surface area contributed by atoms with E-state index in [9.17, 15) is 0 Å². The number of likely N-dealkylation sites (N-methyl/N-ethyl adjacent to an activating group) is 2. The number of nitrogens with one attached hydrogen (secondary N) is 1.